The lowest BCUT2D eigenvalue weighted by molar-refractivity contribution is -0.386. The molecule has 0 fully saturated rings. The Morgan fingerprint density at radius 2 is 0.606 bits per heavy atom. The normalized spacial score (nSPS) is 10.7. The van der Waals surface area contributed by atoms with Gasteiger partial charge in [0.25, 0.3) is 0 Å². The molecule has 0 saturated heterocycles. The first kappa shape index (κ1) is 22.3. The maximum atomic E-state index is 3.76. The average Bonchev–Trinajstić information content (AvgIpc) is 2.92. The van der Waals surface area contributed by atoms with E-state index in [2.05, 4.69) is 139 Å². The van der Waals surface area contributed by atoms with E-state index in [-0.39, 0.29) is 0 Å². The van der Waals surface area contributed by atoms with Crippen LogP contribution in [0.1, 0.15) is 5.56 Å². The van der Waals surface area contributed by atoms with E-state index in [1.165, 1.54) is 27.4 Å². The first-order valence-corrected chi connectivity index (χ1v) is 11.6. The molecule has 5 aromatic carbocycles. The van der Waals surface area contributed by atoms with Crippen LogP contribution in [0.4, 0.5) is 0 Å². The van der Waals surface area contributed by atoms with Crippen LogP contribution < -0.4 is 27.6 Å². The number of hydrogen-bond donors (Lipinski definition) is 1. The van der Waals surface area contributed by atoms with Crippen molar-refractivity contribution in [2.45, 2.75) is 6.54 Å². The summed E-state index contributed by atoms with van der Waals surface area (Å²) < 4.78 is 0. The molecule has 0 bridgehead atoms. The molecule has 2 heteroatoms. The number of hydrogen-bond acceptors (Lipinski definition) is 0. The third kappa shape index (κ3) is 4.97. The zero-order chi connectivity index (χ0) is 22.8. The topological polar surface area (TPSA) is 27.6 Å². The highest BCUT2D eigenvalue weighted by Gasteiger charge is 2.30. The minimum absolute atomic E-state index is 0.890. The number of benzene rings is 5. The van der Waals surface area contributed by atoms with E-state index in [1.54, 1.807) is 0 Å². The van der Waals surface area contributed by atoms with Crippen LogP contribution in [0.25, 0.3) is 0 Å². The molecule has 0 amide bonds. The van der Waals surface area contributed by atoms with Crippen LogP contribution >= 0.6 is 0 Å². The SMILES string of the molecule is [NH3+]Cc1ccccc1.c1ccc([B-](c2ccccc2)(c2ccccc2)c2ccccc2)cc1. The molecule has 0 aliphatic carbocycles. The second-order valence-electron chi connectivity index (χ2n) is 8.24. The van der Waals surface area contributed by atoms with Gasteiger partial charge in [-0.2, -0.15) is 21.9 Å². The Hall–Kier alpha value is -3.88. The largest absolute Gasteiger partial charge is 0.354 e. The Balaban J connectivity index is 0.000000275. The number of quaternary nitrogens is 1. The molecule has 0 heterocycles. The van der Waals surface area contributed by atoms with E-state index in [0.717, 1.165) is 6.54 Å². The van der Waals surface area contributed by atoms with Crippen LogP contribution in [0.2, 0.25) is 0 Å². The van der Waals surface area contributed by atoms with Gasteiger partial charge in [0, 0.05) is 5.56 Å². The molecule has 0 atom stereocenters. The standard InChI is InChI=1S/C24H20B.C7H9N/c1-5-13-21(14-6-1)25(22-15-7-2-8-16-22,23-17-9-3-10-18-23)24-19-11-4-12-20-24;8-6-7-4-2-1-3-5-7/h1-20H;1-5H,6,8H2/q-1;/p+1. The van der Waals surface area contributed by atoms with Gasteiger partial charge in [-0.3, -0.25) is 0 Å². The molecule has 0 radical (unpaired) electrons. The van der Waals surface area contributed by atoms with Crippen LogP contribution in [-0.4, -0.2) is 6.15 Å². The Kier molecular flexibility index (Phi) is 7.53. The highest BCUT2D eigenvalue weighted by molar-refractivity contribution is 7.19. The van der Waals surface area contributed by atoms with Crippen LogP contribution in [-0.2, 0) is 6.54 Å². The van der Waals surface area contributed by atoms with Gasteiger partial charge < -0.3 is 5.73 Å². The highest BCUT2D eigenvalue weighted by Crippen LogP contribution is 2.09. The van der Waals surface area contributed by atoms with E-state index in [9.17, 15) is 0 Å². The molecule has 5 rings (SSSR count). The summed E-state index contributed by atoms with van der Waals surface area (Å²) in [7, 11) is 0. The van der Waals surface area contributed by atoms with Crippen LogP contribution in [0.3, 0.4) is 0 Å². The van der Waals surface area contributed by atoms with Gasteiger partial charge >= 0.3 is 0 Å². The monoisotopic (exact) mass is 427 g/mol. The lowest BCUT2D eigenvalue weighted by Crippen LogP contribution is -2.74. The fourth-order valence-corrected chi connectivity index (χ4v) is 4.77. The Morgan fingerprint density at radius 3 is 0.818 bits per heavy atom. The molecule has 162 valence electrons. The third-order valence-corrected chi connectivity index (χ3v) is 6.33. The molecule has 0 saturated carbocycles. The second kappa shape index (κ2) is 11.1. The summed E-state index contributed by atoms with van der Waals surface area (Å²) in [6, 6.07) is 53.7. The molecule has 0 unspecified atom stereocenters. The first-order chi connectivity index (χ1) is 16.4. The summed E-state index contributed by atoms with van der Waals surface area (Å²) in [5, 5.41) is 0. The third-order valence-electron chi connectivity index (χ3n) is 6.33. The van der Waals surface area contributed by atoms with Crippen molar-refractivity contribution >= 4 is 28.0 Å². The summed E-state index contributed by atoms with van der Waals surface area (Å²) in [4.78, 5) is 0. The van der Waals surface area contributed by atoms with Gasteiger partial charge in [-0.05, 0) is 0 Å². The molecule has 33 heavy (non-hydrogen) atoms. The summed E-state index contributed by atoms with van der Waals surface area (Å²) in [6.45, 7) is 0.890. The van der Waals surface area contributed by atoms with E-state index in [1.807, 2.05) is 18.2 Å². The van der Waals surface area contributed by atoms with Crippen LogP contribution in [0.15, 0.2) is 152 Å². The van der Waals surface area contributed by atoms with Gasteiger partial charge in [0.05, 0.1) is 6.54 Å². The quantitative estimate of drug-likeness (QED) is 0.416. The zero-order valence-corrected chi connectivity index (χ0v) is 18.9. The van der Waals surface area contributed by atoms with Crippen LogP contribution in [0.5, 0.6) is 0 Å². The Morgan fingerprint density at radius 1 is 0.364 bits per heavy atom. The Bertz CT molecular complexity index is 1050. The summed E-state index contributed by atoms with van der Waals surface area (Å²) in [6.07, 6.45) is -1.22. The molecule has 3 N–H and O–H groups in total. The fraction of sp³-hybridized carbons (Fsp3) is 0.0323. The average molecular weight is 427 g/mol. The summed E-state index contributed by atoms with van der Waals surface area (Å²) in [5.41, 5.74) is 10.4. The zero-order valence-electron chi connectivity index (χ0n) is 18.9. The molecule has 5 aromatic rings. The van der Waals surface area contributed by atoms with Gasteiger partial charge in [-0.15, -0.1) is 0 Å². The van der Waals surface area contributed by atoms with Gasteiger partial charge in [-0.1, -0.05) is 152 Å². The molecule has 1 nitrogen and oxygen atoms in total. The van der Waals surface area contributed by atoms with Crippen molar-refractivity contribution in [2.24, 2.45) is 0 Å². The highest BCUT2D eigenvalue weighted by atomic mass is 14.5. The smallest absolute Gasteiger partial charge is 0.108 e. The predicted molar refractivity (Wildman–Crippen MR) is 143 cm³/mol. The van der Waals surface area contributed by atoms with Crippen molar-refractivity contribution in [3.8, 4) is 0 Å². The van der Waals surface area contributed by atoms with Gasteiger partial charge in [0.15, 0.2) is 0 Å². The van der Waals surface area contributed by atoms with E-state index in [0.29, 0.717) is 0 Å². The van der Waals surface area contributed by atoms with Crippen molar-refractivity contribution in [2.75, 3.05) is 0 Å². The molecule has 0 aliphatic rings. The molecule has 0 aliphatic heterocycles. The number of rotatable bonds is 5. The van der Waals surface area contributed by atoms with Crippen molar-refractivity contribution in [1.82, 2.24) is 0 Å². The van der Waals surface area contributed by atoms with Crippen molar-refractivity contribution in [3.05, 3.63) is 157 Å². The summed E-state index contributed by atoms with van der Waals surface area (Å²) >= 11 is 0. The molecule has 0 spiro atoms. The van der Waals surface area contributed by atoms with Gasteiger partial charge in [0.1, 0.15) is 6.15 Å². The predicted octanol–water partition coefficient (Wildman–Crippen LogP) is 3.49. The van der Waals surface area contributed by atoms with Crippen molar-refractivity contribution in [1.29, 1.82) is 0 Å². The molecular formula is C31H30BN. The van der Waals surface area contributed by atoms with Gasteiger partial charge in [-0.25, -0.2) is 0 Å². The summed E-state index contributed by atoms with van der Waals surface area (Å²) in [5.74, 6) is 0. The van der Waals surface area contributed by atoms with Crippen molar-refractivity contribution in [3.63, 3.8) is 0 Å². The minimum atomic E-state index is -1.22. The second-order valence-corrected chi connectivity index (χ2v) is 8.24. The van der Waals surface area contributed by atoms with E-state index < -0.39 is 6.15 Å². The fourth-order valence-electron chi connectivity index (χ4n) is 4.77. The lowest BCUT2D eigenvalue weighted by atomic mass is 9.13. The first-order valence-electron chi connectivity index (χ1n) is 11.6. The maximum Gasteiger partial charge on any atom is 0.108 e. The Labute approximate surface area is 197 Å². The van der Waals surface area contributed by atoms with Gasteiger partial charge in [0.2, 0.25) is 0 Å². The molecular weight excluding hydrogens is 397 g/mol. The molecule has 0 aromatic heterocycles. The van der Waals surface area contributed by atoms with E-state index in [4.69, 9.17) is 0 Å². The minimum Gasteiger partial charge on any atom is -0.354 e. The maximum absolute atomic E-state index is 3.76. The van der Waals surface area contributed by atoms with E-state index >= 15 is 0 Å². The lowest BCUT2D eigenvalue weighted by Gasteiger charge is -2.44. The van der Waals surface area contributed by atoms with Crippen LogP contribution in [0, 0.1) is 0 Å². The van der Waals surface area contributed by atoms with Crippen molar-refractivity contribution < 1.29 is 5.73 Å².